The van der Waals surface area contributed by atoms with Gasteiger partial charge in [-0.15, -0.1) is 0 Å². The molecule has 4 aromatic rings. The van der Waals surface area contributed by atoms with Gasteiger partial charge >= 0.3 is 0 Å². The minimum atomic E-state index is 0.00889. The number of aliphatic hydroxyl groups is 2. The number of nitrogens with zero attached hydrogens (tertiary/aromatic N) is 5. The van der Waals surface area contributed by atoms with E-state index < -0.39 is 0 Å². The van der Waals surface area contributed by atoms with Gasteiger partial charge in [-0.05, 0) is 48.5 Å². The van der Waals surface area contributed by atoms with E-state index in [0.29, 0.717) is 47.9 Å². The predicted molar refractivity (Wildman–Crippen MR) is 168 cm³/mol. The highest BCUT2D eigenvalue weighted by molar-refractivity contribution is 7.99. The molecule has 2 aromatic carbocycles. The van der Waals surface area contributed by atoms with Crippen molar-refractivity contribution in [2.24, 2.45) is 5.73 Å². The van der Waals surface area contributed by atoms with E-state index in [1.54, 1.807) is 12.4 Å². The lowest BCUT2D eigenvalue weighted by atomic mass is 10.4. The van der Waals surface area contributed by atoms with Crippen LogP contribution >= 0.6 is 46.7 Å². The van der Waals surface area contributed by atoms with E-state index in [9.17, 15) is 5.11 Å². The molecule has 0 bridgehead atoms. The van der Waals surface area contributed by atoms with Crippen molar-refractivity contribution >= 4 is 70.3 Å². The third-order valence-corrected chi connectivity index (χ3v) is 7.63. The monoisotopic (exact) mass is 635 g/mol. The van der Waals surface area contributed by atoms with Crippen molar-refractivity contribution in [2.75, 3.05) is 61.1 Å². The molecule has 11 nitrogen and oxygen atoms in total. The Hall–Kier alpha value is -3.04. The van der Waals surface area contributed by atoms with E-state index in [4.69, 9.17) is 45.5 Å². The van der Waals surface area contributed by atoms with Gasteiger partial charge in [0.2, 0.25) is 11.9 Å². The number of nitrogens with two attached hydrogens (primary N) is 3. The summed E-state index contributed by atoms with van der Waals surface area (Å²) in [5.74, 6) is 1.67. The number of aliphatic hydroxyl groups excluding tert-OH is 2. The topological polar surface area (TPSA) is 185 Å². The molecule has 9 N–H and O–H groups in total. The van der Waals surface area contributed by atoms with E-state index in [-0.39, 0.29) is 25.1 Å². The van der Waals surface area contributed by atoms with Gasteiger partial charge in [0.05, 0.1) is 23.0 Å². The highest BCUT2D eigenvalue weighted by Gasteiger charge is 2.15. The Bertz CT molecular complexity index is 1360. The van der Waals surface area contributed by atoms with Crippen LogP contribution in [-0.4, -0.2) is 69.5 Å². The highest BCUT2D eigenvalue weighted by atomic mass is 35.5. The minimum absolute atomic E-state index is 0.00889. The second-order valence-electron chi connectivity index (χ2n) is 8.12. The molecule has 4 rings (SSSR count). The summed E-state index contributed by atoms with van der Waals surface area (Å²) in [4.78, 5) is 22.1. The van der Waals surface area contributed by atoms with Gasteiger partial charge < -0.3 is 37.6 Å². The first kappa shape index (κ1) is 32.5. The molecule has 15 heteroatoms. The lowest BCUT2D eigenvalue weighted by Gasteiger charge is -2.24. The Labute approximate surface area is 256 Å². The summed E-state index contributed by atoms with van der Waals surface area (Å²) in [6.07, 6.45) is 3.33. The van der Waals surface area contributed by atoms with Crippen molar-refractivity contribution in [1.82, 2.24) is 19.9 Å². The molecule has 218 valence electrons. The van der Waals surface area contributed by atoms with Crippen molar-refractivity contribution in [3.63, 3.8) is 0 Å². The summed E-state index contributed by atoms with van der Waals surface area (Å²) in [5.41, 5.74) is 16.9. The smallest absolute Gasteiger partial charge is 0.222 e. The lowest BCUT2D eigenvalue weighted by molar-refractivity contribution is 0.301. The van der Waals surface area contributed by atoms with E-state index in [1.165, 1.54) is 23.5 Å². The molecular weight excluding hydrogens is 605 g/mol. The van der Waals surface area contributed by atoms with Gasteiger partial charge in [-0.2, -0.15) is 9.97 Å². The average molecular weight is 637 g/mol. The number of benzene rings is 2. The number of nitrogen functional groups attached to an aromatic ring is 2. The molecule has 0 saturated carbocycles. The van der Waals surface area contributed by atoms with Crippen molar-refractivity contribution in [3.8, 4) is 0 Å². The summed E-state index contributed by atoms with van der Waals surface area (Å²) < 4.78 is 0. The van der Waals surface area contributed by atoms with Crippen molar-refractivity contribution in [3.05, 3.63) is 71.0 Å². The molecule has 0 amide bonds. The van der Waals surface area contributed by atoms with E-state index in [0.717, 1.165) is 19.6 Å². The zero-order chi connectivity index (χ0) is 29.6. The van der Waals surface area contributed by atoms with Crippen molar-refractivity contribution in [2.45, 2.75) is 19.6 Å². The second-order valence-corrected chi connectivity index (χ2v) is 11.2. The highest BCUT2D eigenvalue weighted by Crippen LogP contribution is 2.35. The number of aromatic nitrogens is 4. The third-order valence-electron chi connectivity index (χ3n) is 5.08. The number of halogens is 2. The van der Waals surface area contributed by atoms with E-state index >= 15 is 0 Å². The Kier molecular flexibility index (Phi) is 13.5. The van der Waals surface area contributed by atoms with Crippen LogP contribution in [0, 0.1) is 0 Å². The molecule has 2 heterocycles. The zero-order valence-corrected chi connectivity index (χ0v) is 25.1. The van der Waals surface area contributed by atoms with Gasteiger partial charge in [0, 0.05) is 58.4 Å². The maximum atomic E-state index is 9.23. The quantitative estimate of drug-likeness (QED) is 0.132. The first-order chi connectivity index (χ1) is 19.8. The van der Waals surface area contributed by atoms with Crippen LogP contribution < -0.4 is 27.4 Å². The summed E-state index contributed by atoms with van der Waals surface area (Å²) >= 11 is 14.8. The van der Waals surface area contributed by atoms with Gasteiger partial charge in [0.15, 0.2) is 0 Å². The molecule has 0 aliphatic heterocycles. The molecule has 0 atom stereocenters. The van der Waals surface area contributed by atoms with Crippen LogP contribution in [0.25, 0.3) is 0 Å². The molecule has 0 fully saturated rings. The summed E-state index contributed by atoms with van der Waals surface area (Å²) in [6, 6.07) is 15.0. The van der Waals surface area contributed by atoms with Crippen LogP contribution in [0.1, 0.15) is 0 Å². The fourth-order valence-electron chi connectivity index (χ4n) is 3.29. The molecule has 0 aliphatic carbocycles. The molecule has 0 unspecified atom stereocenters. The summed E-state index contributed by atoms with van der Waals surface area (Å²) in [5, 5.41) is 22.5. The van der Waals surface area contributed by atoms with Gasteiger partial charge in [-0.1, -0.05) is 46.7 Å². The molecule has 0 aliphatic rings. The number of hydrogen-bond donors (Lipinski definition) is 6. The largest absolute Gasteiger partial charge is 0.395 e. The Morgan fingerprint density at radius 2 is 1.29 bits per heavy atom. The maximum Gasteiger partial charge on any atom is 0.222 e. The minimum Gasteiger partial charge on any atom is -0.395 e. The van der Waals surface area contributed by atoms with Gasteiger partial charge in [-0.3, -0.25) is 0 Å². The molecule has 41 heavy (non-hydrogen) atoms. The standard InChI is InChI=1S/C14H18ClN5OS.C12H13ClN4OS/c15-10-1-3-11(4-2-10)22-12-9-18-14(17)19-13(12)20(6-5-16)7-8-21;13-8-1-3-9(4-2-8)19-10-7-16-12(14)17-11(10)15-5-6-18/h1-4,9,21H,5-8,16H2,(H2,17,18,19);1-4,7,18H,5-6H2,(H3,14,15,16,17). The van der Waals surface area contributed by atoms with Crippen LogP contribution in [0.4, 0.5) is 23.5 Å². The fourth-order valence-corrected chi connectivity index (χ4v) is 5.29. The van der Waals surface area contributed by atoms with E-state index in [2.05, 4.69) is 25.3 Å². The molecule has 2 aromatic heterocycles. The Morgan fingerprint density at radius 1 is 0.756 bits per heavy atom. The van der Waals surface area contributed by atoms with Crippen LogP contribution in [0.5, 0.6) is 0 Å². The van der Waals surface area contributed by atoms with Gasteiger partial charge in [-0.25, -0.2) is 9.97 Å². The first-order valence-corrected chi connectivity index (χ1v) is 14.7. The van der Waals surface area contributed by atoms with Crippen LogP contribution in [0.3, 0.4) is 0 Å². The number of rotatable bonds is 12. The molecule has 0 radical (unpaired) electrons. The van der Waals surface area contributed by atoms with E-state index in [1.807, 2.05) is 53.4 Å². The molecule has 0 saturated heterocycles. The predicted octanol–water partition coefficient (Wildman–Crippen LogP) is 3.89. The molecule has 0 spiro atoms. The van der Waals surface area contributed by atoms with Crippen molar-refractivity contribution < 1.29 is 10.2 Å². The van der Waals surface area contributed by atoms with Crippen LogP contribution in [-0.2, 0) is 0 Å². The van der Waals surface area contributed by atoms with Gasteiger partial charge in [0.25, 0.3) is 0 Å². The zero-order valence-electron chi connectivity index (χ0n) is 22.0. The number of anilines is 4. The maximum absolute atomic E-state index is 9.23. The number of nitrogens with one attached hydrogen (secondary N) is 1. The lowest BCUT2D eigenvalue weighted by Crippen LogP contribution is -2.33. The summed E-state index contributed by atoms with van der Waals surface area (Å²) in [7, 11) is 0. The Balaban J connectivity index is 0.000000228. The van der Waals surface area contributed by atoms with Gasteiger partial charge in [0.1, 0.15) is 11.6 Å². The van der Waals surface area contributed by atoms with Crippen molar-refractivity contribution in [1.29, 1.82) is 0 Å². The molecular formula is C26H31Cl2N9O2S2. The second kappa shape index (κ2) is 17.0. The van der Waals surface area contributed by atoms with Crippen LogP contribution in [0.2, 0.25) is 10.0 Å². The number of hydrogen-bond acceptors (Lipinski definition) is 13. The summed E-state index contributed by atoms with van der Waals surface area (Å²) in [6.45, 7) is 1.90. The average Bonchev–Trinajstić information content (AvgIpc) is 2.96. The van der Waals surface area contributed by atoms with Crippen LogP contribution in [0.15, 0.2) is 80.5 Å². The third kappa shape index (κ3) is 10.7. The first-order valence-electron chi connectivity index (χ1n) is 12.4. The Morgan fingerprint density at radius 3 is 1.83 bits per heavy atom. The normalized spacial score (nSPS) is 10.6. The fraction of sp³-hybridized carbons (Fsp3) is 0.231. The SMILES string of the molecule is NCCN(CCO)c1nc(N)ncc1Sc1ccc(Cl)cc1.Nc1ncc(Sc2ccc(Cl)cc2)c(NCCO)n1.